The Morgan fingerprint density at radius 2 is 1.55 bits per heavy atom. The third-order valence-electron chi connectivity index (χ3n) is 7.12. The fourth-order valence-corrected chi connectivity index (χ4v) is 5.54. The monoisotopic (exact) mass is 493 g/mol. The van der Waals surface area contributed by atoms with Gasteiger partial charge in [-0.1, -0.05) is 112 Å². The second-order valence-corrected chi connectivity index (χ2v) is 9.19. The highest BCUT2D eigenvalue weighted by Crippen LogP contribution is 2.47. The Balaban J connectivity index is 1.95. The Hall–Kier alpha value is -4.57. The van der Waals surface area contributed by atoms with Gasteiger partial charge < -0.3 is 9.62 Å². The Bertz CT molecular complexity index is 1540. The van der Waals surface area contributed by atoms with Crippen LogP contribution in [-0.4, -0.2) is 18.0 Å². The fourth-order valence-electron chi connectivity index (χ4n) is 5.54. The van der Waals surface area contributed by atoms with Crippen LogP contribution in [0.4, 0.5) is 5.69 Å². The number of aryl methyl sites for hydroxylation is 1. The molecule has 0 spiro atoms. The normalized spacial score (nSPS) is 16.6. The molecule has 0 N–H and O–H groups in total. The molecule has 2 heterocycles. The number of anilines is 1. The van der Waals surface area contributed by atoms with Crippen LogP contribution in [0.5, 0.6) is 0 Å². The maximum Gasteiger partial charge on any atom is 0.422 e. The molecule has 0 amide bonds. The van der Waals surface area contributed by atoms with Crippen molar-refractivity contribution < 1.29 is 0 Å². The van der Waals surface area contributed by atoms with Crippen molar-refractivity contribution in [2.24, 2.45) is 4.99 Å². The molecule has 38 heavy (non-hydrogen) atoms. The van der Waals surface area contributed by atoms with Gasteiger partial charge in [0.2, 0.25) is 0 Å². The zero-order valence-corrected chi connectivity index (χ0v) is 22.1. The van der Waals surface area contributed by atoms with E-state index in [1.807, 2.05) is 12.2 Å². The first-order valence-corrected chi connectivity index (χ1v) is 13.1. The lowest BCUT2D eigenvalue weighted by Gasteiger charge is -2.34. The predicted octanol–water partition coefficient (Wildman–Crippen LogP) is 7.67. The number of fused-ring (bicyclic) bond motifs is 8. The largest absolute Gasteiger partial charge is 0.422 e. The molecule has 1 saturated heterocycles. The van der Waals surface area contributed by atoms with Gasteiger partial charge in [0, 0.05) is 23.2 Å². The van der Waals surface area contributed by atoms with Crippen LogP contribution in [0.2, 0.25) is 0 Å². The number of hydrogen-bond donors (Lipinski definition) is 0. The maximum absolute atomic E-state index is 4.81. The second-order valence-electron chi connectivity index (χ2n) is 9.19. The van der Waals surface area contributed by atoms with Crippen molar-refractivity contribution in [2.45, 2.75) is 20.3 Å². The number of allylic oxidation sites excluding steroid dienone is 6. The van der Waals surface area contributed by atoms with Crippen molar-refractivity contribution in [3.8, 4) is 22.3 Å². The molecule has 2 aliphatic heterocycles. The molecule has 5 rings (SSSR count). The summed E-state index contributed by atoms with van der Waals surface area (Å²) >= 11 is 0. The molecule has 2 aliphatic rings. The Morgan fingerprint density at radius 3 is 2.21 bits per heavy atom. The van der Waals surface area contributed by atoms with Crippen LogP contribution in [0.3, 0.4) is 0 Å². The average Bonchev–Trinajstić information content (AvgIpc) is 3.27. The van der Waals surface area contributed by atoms with Crippen molar-refractivity contribution >= 4 is 24.3 Å². The van der Waals surface area contributed by atoms with E-state index in [0.29, 0.717) is 0 Å². The Kier molecular flexibility index (Phi) is 7.14. The molecule has 0 bridgehead atoms. The summed E-state index contributed by atoms with van der Waals surface area (Å²) in [6, 6.07) is 24.3. The quantitative estimate of drug-likeness (QED) is 0.199. The Labute approximate surface area is 227 Å². The van der Waals surface area contributed by atoms with Crippen molar-refractivity contribution in [1.82, 2.24) is 4.81 Å². The van der Waals surface area contributed by atoms with E-state index in [0.717, 1.165) is 23.6 Å². The van der Waals surface area contributed by atoms with Crippen molar-refractivity contribution in [3.05, 3.63) is 146 Å². The molecule has 4 heteroatoms. The lowest BCUT2D eigenvalue weighted by atomic mass is 9.61. The van der Waals surface area contributed by atoms with E-state index in [-0.39, 0.29) is 6.98 Å². The highest BCUT2D eigenvalue weighted by Gasteiger charge is 2.48. The van der Waals surface area contributed by atoms with Crippen LogP contribution >= 0.6 is 0 Å². The minimum atomic E-state index is -0.184. The molecule has 3 aromatic carbocycles. The van der Waals surface area contributed by atoms with Gasteiger partial charge in [0.05, 0.1) is 5.70 Å². The van der Waals surface area contributed by atoms with E-state index in [2.05, 4.69) is 122 Å². The first-order valence-electron chi connectivity index (χ1n) is 13.1. The number of rotatable bonds is 6. The van der Waals surface area contributed by atoms with Gasteiger partial charge in [-0.3, -0.25) is 0 Å². The summed E-state index contributed by atoms with van der Waals surface area (Å²) in [6.07, 6.45) is 14.2. The predicted molar refractivity (Wildman–Crippen MR) is 165 cm³/mol. The van der Waals surface area contributed by atoms with Crippen molar-refractivity contribution in [2.75, 3.05) is 4.81 Å². The molecule has 0 saturated carbocycles. The third kappa shape index (κ3) is 4.08. The molecule has 0 aromatic heterocycles. The summed E-state index contributed by atoms with van der Waals surface area (Å²) in [5, 5.41) is 0. The fraction of sp³-hybridized carbons (Fsp3) is 0.0882. The summed E-state index contributed by atoms with van der Waals surface area (Å²) in [7, 11) is 0. The minimum absolute atomic E-state index is 0.184. The van der Waals surface area contributed by atoms with Crippen LogP contribution in [0, 0.1) is 0 Å². The lowest BCUT2D eigenvalue weighted by Crippen LogP contribution is -2.53. The zero-order chi connectivity index (χ0) is 26.6. The van der Waals surface area contributed by atoms with Gasteiger partial charge in [-0.25, -0.2) is 4.99 Å². The number of nitrogens with zero attached hydrogens (tertiary/aromatic N) is 3. The SMILES string of the molecule is C=C/C=N\C(=C/C=C)N1B2c3ccccc3-c3ccccc3-c3ccc(CC)cc3N2C(=C/C)/C1=C\C=C. The van der Waals surface area contributed by atoms with E-state index < -0.39 is 0 Å². The van der Waals surface area contributed by atoms with Crippen LogP contribution in [0.25, 0.3) is 22.3 Å². The van der Waals surface area contributed by atoms with Gasteiger partial charge in [0.15, 0.2) is 0 Å². The standard InChI is InChI=1S/C34H32BN3/c1-6-15-32-31(10-5)37-33-24-25(9-4)21-22-29(33)27-18-12-11-17-26(27)28-19-13-14-20-30(28)35(37)38(32)34(16-7-2)36-23-8-3/h6-8,10-24H,1-3,9H2,4-5H3/b31-10+,32-15+,34-16+,36-23-. The third-order valence-corrected chi connectivity index (χ3v) is 7.12. The molecule has 0 aliphatic carbocycles. The highest BCUT2D eigenvalue weighted by atomic mass is 15.3. The molecule has 186 valence electrons. The van der Waals surface area contributed by atoms with E-state index in [1.165, 1.54) is 39.0 Å². The summed E-state index contributed by atoms with van der Waals surface area (Å²) in [5.74, 6) is 0.775. The van der Waals surface area contributed by atoms with Gasteiger partial charge in [-0.2, -0.15) is 0 Å². The van der Waals surface area contributed by atoms with Gasteiger partial charge in [-0.05, 0) is 59.3 Å². The van der Waals surface area contributed by atoms with Crippen molar-refractivity contribution in [3.63, 3.8) is 0 Å². The Morgan fingerprint density at radius 1 is 0.842 bits per heavy atom. The van der Waals surface area contributed by atoms with Crippen LogP contribution in [0.1, 0.15) is 19.4 Å². The topological polar surface area (TPSA) is 18.8 Å². The summed E-state index contributed by atoms with van der Waals surface area (Å²) in [5.41, 5.74) is 10.7. The first-order chi connectivity index (χ1) is 18.7. The van der Waals surface area contributed by atoms with Crippen LogP contribution in [0.15, 0.2) is 145 Å². The second kappa shape index (κ2) is 10.8. The molecular formula is C34H32BN3. The van der Waals surface area contributed by atoms with Gasteiger partial charge in [-0.15, -0.1) is 0 Å². The van der Waals surface area contributed by atoms with E-state index in [1.54, 1.807) is 18.4 Å². The first kappa shape index (κ1) is 25.1. The minimum Gasteiger partial charge on any atom is -0.360 e. The highest BCUT2D eigenvalue weighted by molar-refractivity contribution is 6.78. The van der Waals surface area contributed by atoms with E-state index in [9.17, 15) is 0 Å². The average molecular weight is 493 g/mol. The molecule has 1 fully saturated rings. The molecular weight excluding hydrogens is 461 g/mol. The molecule has 3 nitrogen and oxygen atoms in total. The smallest absolute Gasteiger partial charge is 0.360 e. The zero-order valence-electron chi connectivity index (χ0n) is 22.1. The number of hydrogen-bond acceptors (Lipinski definition) is 3. The van der Waals surface area contributed by atoms with Crippen molar-refractivity contribution in [1.29, 1.82) is 0 Å². The maximum atomic E-state index is 4.81. The van der Waals surface area contributed by atoms with E-state index >= 15 is 0 Å². The summed E-state index contributed by atoms with van der Waals surface area (Å²) in [6.45, 7) is 16.0. The van der Waals surface area contributed by atoms with Gasteiger partial charge >= 0.3 is 6.98 Å². The van der Waals surface area contributed by atoms with Gasteiger partial charge in [0.1, 0.15) is 5.82 Å². The number of benzene rings is 3. The van der Waals surface area contributed by atoms with Crippen LogP contribution < -0.4 is 10.3 Å². The molecule has 3 aromatic rings. The summed E-state index contributed by atoms with van der Waals surface area (Å²) in [4.78, 5) is 9.55. The molecule has 0 unspecified atom stereocenters. The van der Waals surface area contributed by atoms with Crippen LogP contribution in [-0.2, 0) is 6.42 Å². The lowest BCUT2D eigenvalue weighted by molar-refractivity contribution is 0.683. The van der Waals surface area contributed by atoms with Gasteiger partial charge in [0.25, 0.3) is 0 Å². The number of aliphatic imine (C=N–C) groups is 1. The molecule has 0 radical (unpaired) electrons. The summed E-state index contributed by atoms with van der Waals surface area (Å²) < 4.78 is 0. The molecule has 0 atom stereocenters. The van der Waals surface area contributed by atoms with E-state index in [4.69, 9.17) is 4.99 Å².